The van der Waals surface area contributed by atoms with Gasteiger partial charge in [0, 0.05) is 50.6 Å². The highest BCUT2D eigenvalue weighted by Crippen LogP contribution is 2.14. The summed E-state index contributed by atoms with van der Waals surface area (Å²) >= 11 is 0. The van der Waals surface area contributed by atoms with E-state index in [9.17, 15) is 13.2 Å². The predicted octanol–water partition coefficient (Wildman–Crippen LogP) is 1.93. The van der Waals surface area contributed by atoms with Gasteiger partial charge in [0.05, 0.1) is 12.5 Å². The maximum absolute atomic E-state index is 10.6. The van der Waals surface area contributed by atoms with E-state index >= 15 is 0 Å². The third kappa shape index (κ3) is 6.50. The van der Waals surface area contributed by atoms with Crippen molar-refractivity contribution in [3.8, 4) is 6.01 Å². The van der Waals surface area contributed by atoms with Crippen molar-refractivity contribution in [3.63, 3.8) is 0 Å². The molecule has 3 aromatic rings. The molecule has 166 valence electrons. The number of carbonyl (C=O) groups is 1. The zero-order valence-corrected chi connectivity index (χ0v) is 16.2. The van der Waals surface area contributed by atoms with E-state index in [1.54, 1.807) is 31.0 Å². The second-order valence-corrected chi connectivity index (χ2v) is 6.46. The van der Waals surface area contributed by atoms with Gasteiger partial charge < -0.3 is 18.8 Å². The second kappa shape index (κ2) is 10.0. The van der Waals surface area contributed by atoms with Crippen LogP contribution in [0.25, 0.3) is 0 Å². The molecule has 0 bridgehead atoms. The normalized spacial score (nSPS) is 14.2. The molecule has 0 aliphatic carbocycles. The summed E-state index contributed by atoms with van der Waals surface area (Å²) in [6.07, 6.45) is 2.60. The van der Waals surface area contributed by atoms with Crippen molar-refractivity contribution in [3.05, 3.63) is 54.3 Å². The third-order valence-corrected chi connectivity index (χ3v) is 4.30. The van der Waals surface area contributed by atoms with Gasteiger partial charge in [-0.05, 0) is 12.1 Å². The summed E-state index contributed by atoms with van der Waals surface area (Å²) in [5.41, 5.74) is 1.19. The standard InChI is InChI=1S/C16H18N6O2.C2HF3O2/c1-4-17-16(18-5-1)24-12-15-20-19-14-2-6-21(7-8-22(14)15)10-13-3-9-23-11-13;3-2(4,5)1(6)7/h1,3-5,9,11H,2,6-8,10,12H2;(H,6,7). The molecule has 0 fully saturated rings. The van der Waals surface area contributed by atoms with Gasteiger partial charge in [0.1, 0.15) is 5.82 Å². The number of halogens is 3. The van der Waals surface area contributed by atoms with Crippen LogP contribution >= 0.6 is 0 Å². The van der Waals surface area contributed by atoms with Gasteiger partial charge >= 0.3 is 18.2 Å². The van der Waals surface area contributed by atoms with Crippen LogP contribution < -0.4 is 4.74 Å². The molecule has 10 nitrogen and oxygen atoms in total. The number of aromatic nitrogens is 5. The largest absolute Gasteiger partial charge is 0.490 e. The first kappa shape index (κ1) is 22.2. The Balaban J connectivity index is 0.000000339. The minimum absolute atomic E-state index is 0.318. The summed E-state index contributed by atoms with van der Waals surface area (Å²) in [4.78, 5) is 19.4. The Morgan fingerprint density at radius 3 is 2.58 bits per heavy atom. The number of nitrogens with zero attached hydrogens (tertiary/aromatic N) is 6. The van der Waals surface area contributed by atoms with E-state index in [0.717, 1.165) is 44.2 Å². The smallest absolute Gasteiger partial charge is 0.475 e. The number of fused-ring (bicyclic) bond motifs is 1. The highest BCUT2D eigenvalue weighted by molar-refractivity contribution is 5.73. The van der Waals surface area contributed by atoms with Gasteiger partial charge in [-0.25, -0.2) is 14.8 Å². The molecule has 0 saturated carbocycles. The minimum atomic E-state index is -5.08. The topological polar surface area (TPSA) is 119 Å². The van der Waals surface area contributed by atoms with Crippen molar-refractivity contribution < 1.29 is 32.2 Å². The van der Waals surface area contributed by atoms with E-state index < -0.39 is 12.1 Å². The summed E-state index contributed by atoms with van der Waals surface area (Å²) in [6, 6.07) is 4.11. The molecular formula is C18H19F3N6O4. The van der Waals surface area contributed by atoms with E-state index in [4.69, 9.17) is 19.1 Å². The molecule has 1 aliphatic heterocycles. The summed E-state index contributed by atoms with van der Waals surface area (Å²) < 4.78 is 44.6. The van der Waals surface area contributed by atoms with Crippen LogP contribution in [0.1, 0.15) is 17.2 Å². The molecule has 0 saturated heterocycles. The summed E-state index contributed by atoms with van der Waals surface area (Å²) in [5.74, 6) is -0.951. The maximum atomic E-state index is 10.6. The molecule has 1 N–H and O–H groups in total. The van der Waals surface area contributed by atoms with E-state index in [0.29, 0.717) is 12.6 Å². The number of carboxylic acids is 1. The Morgan fingerprint density at radius 1 is 1.19 bits per heavy atom. The Kier molecular flexibility index (Phi) is 7.18. The van der Waals surface area contributed by atoms with E-state index in [2.05, 4.69) is 29.6 Å². The Hall–Kier alpha value is -3.48. The van der Waals surface area contributed by atoms with Crippen LogP contribution in [-0.2, 0) is 30.9 Å². The summed E-state index contributed by atoms with van der Waals surface area (Å²) in [5, 5.41) is 15.7. The number of carboxylic acid groups (broad SMARTS) is 1. The molecule has 4 rings (SSSR count). The molecule has 3 aromatic heterocycles. The minimum Gasteiger partial charge on any atom is -0.475 e. The average Bonchev–Trinajstić information content (AvgIpc) is 3.34. The van der Waals surface area contributed by atoms with Crippen molar-refractivity contribution in [2.24, 2.45) is 0 Å². The van der Waals surface area contributed by atoms with E-state index in [1.807, 2.05) is 6.07 Å². The number of aliphatic carboxylic acids is 1. The fourth-order valence-corrected chi connectivity index (χ4v) is 2.82. The first-order chi connectivity index (χ1) is 14.8. The number of furan rings is 1. The summed E-state index contributed by atoms with van der Waals surface area (Å²) in [7, 11) is 0. The molecule has 0 amide bonds. The van der Waals surface area contributed by atoms with Gasteiger partial charge in [0.25, 0.3) is 0 Å². The average molecular weight is 440 g/mol. The Bertz CT molecular complexity index is 963. The quantitative estimate of drug-likeness (QED) is 0.635. The van der Waals surface area contributed by atoms with Crippen LogP contribution in [-0.4, -0.2) is 60.0 Å². The number of alkyl halides is 3. The van der Waals surface area contributed by atoms with E-state index in [1.165, 1.54) is 5.56 Å². The van der Waals surface area contributed by atoms with Crippen LogP contribution in [0.3, 0.4) is 0 Å². The Morgan fingerprint density at radius 2 is 1.94 bits per heavy atom. The lowest BCUT2D eigenvalue weighted by Gasteiger charge is -2.18. The highest BCUT2D eigenvalue weighted by Gasteiger charge is 2.38. The molecule has 0 atom stereocenters. The van der Waals surface area contributed by atoms with Crippen LogP contribution in [0, 0.1) is 0 Å². The van der Waals surface area contributed by atoms with Crippen molar-refractivity contribution in [2.45, 2.75) is 32.3 Å². The fraction of sp³-hybridized carbons (Fsp3) is 0.389. The van der Waals surface area contributed by atoms with Crippen LogP contribution in [0.2, 0.25) is 0 Å². The highest BCUT2D eigenvalue weighted by atomic mass is 19.4. The van der Waals surface area contributed by atoms with Crippen LogP contribution in [0.5, 0.6) is 6.01 Å². The van der Waals surface area contributed by atoms with Gasteiger partial charge in [0.15, 0.2) is 12.4 Å². The van der Waals surface area contributed by atoms with Crippen LogP contribution in [0.4, 0.5) is 13.2 Å². The third-order valence-electron chi connectivity index (χ3n) is 4.30. The first-order valence-corrected chi connectivity index (χ1v) is 9.17. The molecule has 0 radical (unpaired) electrons. The molecule has 31 heavy (non-hydrogen) atoms. The van der Waals surface area contributed by atoms with Crippen molar-refractivity contribution in [1.82, 2.24) is 29.6 Å². The van der Waals surface area contributed by atoms with Gasteiger partial charge in [-0.1, -0.05) is 0 Å². The zero-order chi connectivity index (χ0) is 22.3. The van der Waals surface area contributed by atoms with Gasteiger partial charge in [-0.3, -0.25) is 4.90 Å². The van der Waals surface area contributed by atoms with Crippen LogP contribution in [0.15, 0.2) is 41.5 Å². The van der Waals surface area contributed by atoms with E-state index in [-0.39, 0.29) is 0 Å². The van der Waals surface area contributed by atoms with Gasteiger partial charge in [-0.2, -0.15) is 13.2 Å². The van der Waals surface area contributed by atoms with Crippen molar-refractivity contribution >= 4 is 5.97 Å². The van der Waals surface area contributed by atoms with Gasteiger partial charge in [0.2, 0.25) is 0 Å². The number of ether oxygens (including phenoxy) is 1. The number of hydrogen-bond acceptors (Lipinski definition) is 8. The van der Waals surface area contributed by atoms with Crippen molar-refractivity contribution in [2.75, 3.05) is 13.1 Å². The monoisotopic (exact) mass is 440 g/mol. The fourth-order valence-electron chi connectivity index (χ4n) is 2.82. The molecule has 1 aliphatic rings. The lowest BCUT2D eigenvalue weighted by atomic mass is 10.3. The molecule has 0 spiro atoms. The molecule has 13 heteroatoms. The molecule has 4 heterocycles. The molecular weight excluding hydrogens is 421 g/mol. The first-order valence-electron chi connectivity index (χ1n) is 9.17. The summed E-state index contributed by atoms with van der Waals surface area (Å²) in [6.45, 7) is 3.93. The molecule has 0 aromatic carbocycles. The SMILES string of the molecule is O=C(O)C(F)(F)F.c1cnc(OCc2nnc3n2CCN(Cc2ccoc2)CC3)nc1. The number of hydrogen-bond donors (Lipinski definition) is 1. The molecule has 0 unspecified atom stereocenters. The van der Waals surface area contributed by atoms with Crippen molar-refractivity contribution in [1.29, 1.82) is 0 Å². The Labute approximate surface area is 174 Å². The lowest BCUT2D eigenvalue weighted by Crippen LogP contribution is -2.26. The zero-order valence-electron chi connectivity index (χ0n) is 16.2. The second-order valence-electron chi connectivity index (χ2n) is 6.46. The predicted molar refractivity (Wildman–Crippen MR) is 97.8 cm³/mol. The van der Waals surface area contributed by atoms with Gasteiger partial charge in [-0.15, -0.1) is 10.2 Å². The maximum Gasteiger partial charge on any atom is 0.490 e. The lowest BCUT2D eigenvalue weighted by molar-refractivity contribution is -0.192. The number of rotatable bonds is 5.